The molecule has 0 aromatic rings. The highest BCUT2D eigenvalue weighted by Crippen LogP contribution is 2.28. The van der Waals surface area contributed by atoms with Crippen molar-refractivity contribution in [3.05, 3.63) is 0 Å². The minimum atomic E-state index is -1.79. The van der Waals surface area contributed by atoms with Crippen molar-refractivity contribution in [2.45, 2.75) is 68.3 Å². The highest BCUT2D eigenvalue weighted by molar-refractivity contribution is 5.65. The number of ether oxygens (including phenoxy) is 4. The predicted molar refractivity (Wildman–Crippen MR) is 78.2 cm³/mol. The second kappa shape index (κ2) is 8.84. The number of aliphatic hydroxyl groups is 7. The Balaban J connectivity index is 2.03. The Morgan fingerprint density at radius 1 is 0.885 bits per heavy atom. The minimum absolute atomic E-state index is 0.419. The monoisotopic (exact) mass is 384 g/mol. The molecule has 26 heavy (non-hydrogen) atoms. The van der Waals surface area contributed by atoms with Crippen molar-refractivity contribution in [3.8, 4) is 0 Å². The summed E-state index contributed by atoms with van der Waals surface area (Å²) in [5.74, 6) is -0.649. The number of rotatable bonds is 5. The molecule has 0 aromatic heterocycles. The van der Waals surface area contributed by atoms with Gasteiger partial charge in [-0.05, 0) is 0 Å². The molecule has 152 valence electrons. The Morgan fingerprint density at radius 3 is 2.08 bits per heavy atom. The van der Waals surface area contributed by atoms with Crippen molar-refractivity contribution < 1.29 is 59.5 Å². The molecule has 2 heterocycles. The van der Waals surface area contributed by atoms with Gasteiger partial charge in [-0.2, -0.15) is 0 Å². The van der Waals surface area contributed by atoms with E-state index in [4.69, 9.17) is 19.3 Å². The van der Waals surface area contributed by atoms with Crippen LogP contribution in [0.3, 0.4) is 0 Å². The average molecular weight is 384 g/mol. The molecule has 0 amide bonds. The Morgan fingerprint density at radius 2 is 1.50 bits per heavy atom. The van der Waals surface area contributed by atoms with Crippen molar-refractivity contribution in [2.75, 3.05) is 13.2 Å². The molecule has 10 atom stereocenters. The molecule has 2 rings (SSSR count). The molecule has 0 radical (unpaired) electrons. The molecule has 7 N–H and O–H groups in total. The number of hydrogen-bond acceptors (Lipinski definition) is 12. The van der Waals surface area contributed by atoms with Crippen LogP contribution in [-0.2, 0) is 23.7 Å². The quantitative estimate of drug-likeness (QED) is 0.224. The maximum absolute atomic E-state index is 10.8. The molecule has 0 saturated carbocycles. The highest BCUT2D eigenvalue weighted by Gasteiger charge is 2.50. The topological polar surface area (TPSA) is 196 Å². The van der Waals surface area contributed by atoms with E-state index < -0.39 is 80.6 Å². The van der Waals surface area contributed by atoms with E-state index >= 15 is 0 Å². The number of carbonyl (C=O) groups is 1. The molecule has 2 aliphatic heterocycles. The van der Waals surface area contributed by atoms with Gasteiger partial charge in [0, 0.05) is 6.92 Å². The van der Waals surface area contributed by atoms with Crippen LogP contribution < -0.4 is 0 Å². The molecule has 0 aromatic carbocycles. The van der Waals surface area contributed by atoms with E-state index in [9.17, 15) is 35.4 Å². The first-order chi connectivity index (χ1) is 12.2. The first-order valence-electron chi connectivity index (χ1n) is 7.96. The third-order valence-electron chi connectivity index (χ3n) is 4.25. The number of esters is 1. The van der Waals surface area contributed by atoms with Crippen molar-refractivity contribution in [2.24, 2.45) is 0 Å². The summed E-state index contributed by atoms with van der Waals surface area (Å²) in [7, 11) is 0. The van der Waals surface area contributed by atoms with Crippen molar-refractivity contribution >= 4 is 5.97 Å². The first kappa shape index (κ1) is 21.4. The lowest BCUT2D eigenvalue weighted by atomic mass is 9.97. The average Bonchev–Trinajstić information content (AvgIpc) is 2.60. The molecule has 2 aliphatic rings. The lowest BCUT2D eigenvalue weighted by molar-refractivity contribution is -0.361. The maximum atomic E-state index is 10.8. The fraction of sp³-hybridized carbons (Fsp3) is 0.929. The zero-order chi connectivity index (χ0) is 19.6. The summed E-state index contributed by atoms with van der Waals surface area (Å²) < 4.78 is 20.0. The number of aliphatic hydroxyl groups excluding tert-OH is 7. The van der Waals surface area contributed by atoms with Gasteiger partial charge in [0.25, 0.3) is 0 Å². The molecular weight excluding hydrogens is 360 g/mol. The molecule has 0 aliphatic carbocycles. The van der Waals surface area contributed by atoms with Crippen LogP contribution in [-0.4, -0.2) is 116 Å². The second-order valence-electron chi connectivity index (χ2n) is 6.15. The van der Waals surface area contributed by atoms with Gasteiger partial charge in [-0.25, -0.2) is 0 Å². The largest absolute Gasteiger partial charge is 0.463 e. The van der Waals surface area contributed by atoms with Crippen molar-refractivity contribution in [3.63, 3.8) is 0 Å². The SMILES string of the molecule is CC(=O)OC[C@H]1O[C@H](O)[C@@H](O[C@@H]2O[C@H](CO)[C@H](O)[C@H](O)[C@H]2O)[C@@H](O)[C@@H]1O. The molecular formula is C14H24O12. The van der Waals surface area contributed by atoms with Gasteiger partial charge < -0.3 is 54.7 Å². The van der Waals surface area contributed by atoms with E-state index in [1.807, 2.05) is 0 Å². The van der Waals surface area contributed by atoms with Crippen LogP contribution in [0.2, 0.25) is 0 Å². The summed E-state index contributed by atoms with van der Waals surface area (Å²) >= 11 is 0. The highest BCUT2D eigenvalue weighted by atomic mass is 16.7. The zero-order valence-electron chi connectivity index (χ0n) is 13.9. The van der Waals surface area contributed by atoms with E-state index in [1.54, 1.807) is 0 Å². The number of carbonyl (C=O) groups excluding carboxylic acids is 1. The summed E-state index contributed by atoms with van der Waals surface area (Å²) in [5.41, 5.74) is 0. The van der Waals surface area contributed by atoms with Crippen LogP contribution in [0.15, 0.2) is 0 Å². The van der Waals surface area contributed by atoms with Crippen LogP contribution in [0.5, 0.6) is 0 Å². The molecule has 12 heteroatoms. The Kier molecular flexibility index (Phi) is 7.27. The minimum Gasteiger partial charge on any atom is -0.463 e. The van der Waals surface area contributed by atoms with E-state index in [1.165, 1.54) is 0 Å². The van der Waals surface area contributed by atoms with Gasteiger partial charge in [0.15, 0.2) is 12.6 Å². The van der Waals surface area contributed by atoms with Crippen molar-refractivity contribution in [1.82, 2.24) is 0 Å². The Bertz CT molecular complexity index is 473. The molecule has 0 spiro atoms. The first-order valence-corrected chi connectivity index (χ1v) is 7.96. The van der Waals surface area contributed by atoms with Gasteiger partial charge in [0.2, 0.25) is 0 Å². The lowest BCUT2D eigenvalue weighted by Crippen LogP contribution is -2.64. The molecule has 0 bridgehead atoms. The lowest BCUT2D eigenvalue weighted by Gasteiger charge is -2.45. The molecule has 2 fully saturated rings. The normalized spacial score (nSPS) is 46.8. The zero-order valence-corrected chi connectivity index (χ0v) is 13.9. The van der Waals surface area contributed by atoms with Gasteiger partial charge in [-0.3, -0.25) is 4.79 Å². The van der Waals surface area contributed by atoms with Gasteiger partial charge in [0.1, 0.15) is 55.4 Å². The summed E-state index contributed by atoms with van der Waals surface area (Å²) in [6.45, 7) is 0.0225. The van der Waals surface area contributed by atoms with Gasteiger partial charge in [0.05, 0.1) is 6.61 Å². The van der Waals surface area contributed by atoms with E-state index in [-0.39, 0.29) is 0 Å². The smallest absolute Gasteiger partial charge is 0.302 e. The Hall–Kier alpha value is -0.930. The van der Waals surface area contributed by atoms with Gasteiger partial charge in [-0.1, -0.05) is 0 Å². The summed E-state index contributed by atoms with van der Waals surface area (Å²) in [5, 5.41) is 68.7. The second-order valence-corrected chi connectivity index (χ2v) is 6.15. The van der Waals surface area contributed by atoms with Crippen LogP contribution >= 0.6 is 0 Å². The Labute approximate surface area is 148 Å². The van der Waals surface area contributed by atoms with E-state index in [2.05, 4.69) is 4.74 Å². The fourth-order valence-corrected chi connectivity index (χ4v) is 2.74. The summed E-state index contributed by atoms with van der Waals surface area (Å²) in [4.78, 5) is 10.8. The van der Waals surface area contributed by atoms with Gasteiger partial charge in [-0.15, -0.1) is 0 Å². The van der Waals surface area contributed by atoms with Crippen molar-refractivity contribution in [1.29, 1.82) is 0 Å². The van der Waals surface area contributed by atoms with Crippen LogP contribution in [0.1, 0.15) is 6.92 Å². The number of hydrogen-bond donors (Lipinski definition) is 7. The standard InChI is InChI=1S/C14H24O12/c1-4(16)23-3-6-8(18)10(20)12(13(22)24-6)26-14-11(21)9(19)7(17)5(2-15)25-14/h5-15,17-22H,2-3H2,1H3/t5-,6-,7+,8-,9+,10+,11-,12+,13+,14+/m1/s1. The van der Waals surface area contributed by atoms with E-state index in [0.29, 0.717) is 0 Å². The van der Waals surface area contributed by atoms with Gasteiger partial charge >= 0.3 is 5.97 Å². The molecule has 0 unspecified atom stereocenters. The summed E-state index contributed by atoms with van der Waals surface area (Å²) in [6.07, 6.45) is -15.9. The molecule has 12 nitrogen and oxygen atoms in total. The van der Waals surface area contributed by atoms with Crippen LogP contribution in [0.4, 0.5) is 0 Å². The molecule has 2 saturated heterocycles. The summed E-state index contributed by atoms with van der Waals surface area (Å²) in [6, 6.07) is 0. The predicted octanol–water partition coefficient (Wildman–Crippen LogP) is -4.83. The van der Waals surface area contributed by atoms with Crippen LogP contribution in [0.25, 0.3) is 0 Å². The van der Waals surface area contributed by atoms with E-state index in [0.717, 1.165) is 6.92 Å². The maximum Gasteiger partial charge on any atom is 0.302 e. The third kappa shape index (κ3) is 4.48. The third-order valence-corrected chi connectivity index (χ3v) is 4.25. The van der Waals surface area contributed by atoms with Crippen LogP contribution in [0, 0.1) is 0 Å². The fourth-order valence-electron chi connectivity index (χ4n) is 2.74.